The van der Waals surface area contributed by atoms with E-state index in [2.05, 4.69) is 88.5 Å². The zero-order chi connectivity index (χ0) is 20.5. The van der Waals surface area contributed by atoms with Crippen molar-refractivity contribution < 1.29 is 4.79 Å². The topological polar surface area (TPSA) is 56.4 Å². The van der Waals surface area contributed by atoms with Crippen molar-refractivity contribution in [3.05, 3.63) is 76.9 Å². The molecule has 2 saturated heterocycles. The van der Waals surface area contributed by atoms with E-state index in [4.69, 9.17) is 0 Å². The second kappa shape index (κ2) is 8.34. The summed E-state index contributed by atoms with van der Waals surface area (Å²) >= 11 is 0. The number of allylic oxidation sites excluding steroid dienone is 1. The van der Waals surface area contributed by atoms with Crippen molar-refractivity contribution in [1.82, 2.24) is 20.9 Å². The Labute approximate surface area is 178 Å². The molecule has 0 bridgehead atoms. The lowest BCUT2D eigenvalue weighted by atomic mass is 9.81. The Morgan fingerprint density at radius 3 is 2.83 bits per heavy atom. The lowest BCUT2D eigenvalue weighted by Gasteiger charge is -2.47. The van der Waals surface area contributed by atoms with E-state index in [0.29, 0.717) is 0 Å². The Kier molecular flexibility index (Phi) is 5.42. The third kappa shape index (κ3) is 3.93. The van der Waals surface area contributed by atoms with Crippen molar-refractivity contribution in [2.24, 2.45) is 11.8 Å². The average molecular weight is 403 g/mol. The summed E-state index contributed by atoms with van der Waals surface area (Å²) in [6.07, 6.45) is 6.27. The number of benzene rings is 2. The number of amides is 1. The van der Waals surface area contributed by atoms with Crippen LogP contribution in [0.1, 0.15) is 28.7 Å². The molecular weight excluding hydrogens is 372 g/mol. The standard InChI is InChI=1S/C25H30N4O/c1-17-5-4-6-18(15-17)9-10-20-11-13-26-23-22(20)24(30)28-25(27-23)29-14-12-19-7-2-3-8-21(19)16-29/h2-10,15,20,22-23,25-27H,11-14,16H2,1H3,(H,28,30)/b10-9+. The largest absolute Gasteiger partial charge is 0.328 e. The molecule has 3 aliphatic rings. The molecule has 4 atom stereocenters. The van der Waals surface area contributed by atoms with Crippen LogP contribution >= 0.6 is 0 Å². The van der Waals surface area contributed by atoms with Gasteiger partial charge in [-0.05, 0) is 48.9 Å². The highest BCUT2D eigenvalue weighted by atomic mass is 16.2. The van der Waals surface area contributed by atoms with Gasteiger partial charge in [-0.25, -0.2) is 0 Å². The van der Waals surface area contributed by atoms with Crippen LogP contribution < -0.4 is 16.0 Å². The van der Waals surface area contributed by atoms with E-state index >= 15 is 0 Å². The molecule has 2 aromatic rings. The Balaban J connectivity index is 1.28. The van der Waals surface area contributed by atoms with Gasteiger partial charge in [0.1, 0.15) is 6.29 Å². The molecule has 0 spiro atoms. The van der Waals surface area contributed by atoms with E-state index < -0.39 is 0 Å². The summed E-state index contributed by atoms with van der Waals surface area (Å²) in [5, 5.41) is 10.5. The first-order valence-electron chi connectivity index (χ1n) is 11.0. The van der Waals surface area contributed by atoms with E-state index in [1.165, 1.54) is 22.3 Å². The van der Waals surface area contributed by atoms with Crippen LogP contribution in [0.2, 0.25) is 0 Å². The summed E-state index contributed by atoms with van der Waals surface area (Å²) in [6.45, 7) is 4.83. The molecule has 3 N–H and O–H groups in total. The molecular formula is C25H30N4O. The smallest absolute Gasteiger partial charge is 0.228 e. The first-order chi connectivity index (χ1) is 14.7. The molecule has 3 aliphatic heterocycles. The van der Waals surface area contributed by atoms with Gasteiger partial charge in [-0.3, -0.25) is 15.0 Å². The zero-order valence-corrected chi connectivity index (χ0v) is 17.5. The van der Waals surface area contributed by atoms with Crippen molar-refractivity contribution in [2.45, 2.75) is 38.8 Å². The molecule has 5 nitrogen and oxygen atoms in total. The van der Waals surface area contributed by atoms with Crippen LogP contribution in [0.3, 0.4) is 0 Å². The van der Waals surface area contributed by atoms with Crippen molar-refractivity contribution in [2.75, 3.05) is 13.1 Å². The summed E-state index contributed by atoms with van der Waals surface area (Å²) < 4.78 is 0. The van der Waals surface area contributed by atoms with Crippen LogP contribution in [-0.2, 0) is 17.8 Å². The van der Waals surface area contributed by atoms with Crippen molar-refractivity contribution in [3.63, 3.8) is 0 Å². The van der Waals surface area contributed by atoms with Crippen LogP contribution in [0.25, 0.3) is 6.08 Å². The molecule has 0 radical (unpaired) electrons. The maximum Gasteiger partial charge on any atom is 0.228 e. The van der Waals surface area contributed by atoms with Gasteiger partial charge < -0.3 is 10.6 Å². The predicted octanol–water partition coefficient (Wildman–Crippen LogP) is 2.62. The summed E-state index contributed by atoms with van der Waals surface area (Å²) in [5.41, 5.74) is 5.23. The van der Waals surface area contributed by atoms with Crippen LogP contribution in [0.4, 0.5) is 0 Å². The Morgan fingerprint density at radius 1 is 1.10 bits per heavy atom. The van der Waals surface area contributed by atoms with Crippen molar-refractivity contribution in [3.8, 4) is 0 Å². The number of aryl methyl sites for hydroxylation is 1. The summed E-state index contributed by atoms with van der Waals surface area (Å²) in [6, 6.07) is 17.1. The van der Waals surface area contributed by atoms with Gasteiger partial charge in [0.05, 0.1) is 12.1 Å². The molecule has 4 unspecified atom stereocenters. The number of carbonyl (C=O) groups is 1. The molecule has 1 amide bonds. The number of hydrogen-bond acceptors (Lipinski definition) is 4. The van der Waals surface area contributed by atoms with Gasteiger partial charge in [-0.15, -0.1) is 0 Å². The SMILES string of the molecule is Cc1cccc(/C=C/C2CCNC3NC(N4CCc5ccccc5C4)NC(=O)C23)c1. The fraction of sp³-hybridized carbons (Fsp3) is 0.400. The van der Waals surface area contributed by atoms with Gasteiger partial charge in [0, 0.05) is 13.1 Å². The molecule has 0 aromatic heterocycles. The van der Waals surface area contributed by atoms with Gasteiger partial charge in [0.2, 0.25) is 5.91 Å². The quantitative estimate of drug-likeness (QED) is 0.739. The molecule has 0 saturated carbocycles. The maximum absolute atomic E-state index is 13.2. The first-order valence-corrected chi connectivity index (χ1v) is 11.0. The number of carbonyl (C=O) groups excluding carboxylic acids is 1. The molecule has 30 heavy (non-hydrogen) atoms. The normalized spacial score (nSPS) is 29.3. The van der Waals surface area contributed by atoms with Crippen molar-refractivity contribution >= 4 is 12.0 Å². The highest BCUT2D eigenvalue weighted by molar-refractivity contribution is 5.81. The number of nitrogens with one attached hydrogen (secondary N) is 3. The third-order valence-corrected chi connectivity index (χ3v) is 6.68. The van der Waals surface area contributed by atoms with Crippen LogP contribution in [0, 0.1) is 18.8 Å². The first kappa shape index (κ1) is 19.5. The van der Waals surface area contributed by atoms with Gasteiger partial charge in [-0.1, -0.05) is 66.2 Å². The molecule has 5 heteroatoms. The third-order valence-electron chi connectivity index (χ3n) is 6.68. The molecule has 5 rings (SSSR count). The number of hydrogen-bond donors (Lipinski definition) is 3. The highest BCUT2D eigenvalue weighted by Gasteiger charge is 2.43. The Hall–Kier alpha value is -2.47. The Bertz CT molecular complexity index is 956. The number of piperidine rings is 1. The lowest BCUT2D eigenvalue weighted by molar-refractivity contribution is -0.136. The molecule has 156 valence electrons. The molecule has 2 aromatic carbocycles. The zero-order valence-electron chi connectivity index (χ0n) is 17.5. The minimum Gasteiger partial charge on any atom is -0.328 e. The lowest BCUT2D eigenvalue weighted by Crippen LogP contribution is -2.72. The van der Waals surface area contributed by atoms with Gasteiger partial charge in [-0.2, -0.15) is 0 Å². The van der Waals surface area contributed by atoms with E-state index in [-0.39, 0.29) is 30.2 Å². The number of rotatable bonds is 3. The number of nitrogens with zero attached hydrogens (tertiary/aromatic N) is 1. The van der Waals surface area contributed by atoms with Gasteiger partial charge >= 0.3 is 0 Å². The summed E-state index contributed by atoms with van der Waals surface area (Å²) in [5.74, 6) is 0.286. The minimum absolute atomic E-state index is 0.00169. The average Bonchev–Trinajstić information content (AvgIpc) is 2.77. The minimum atomic E-state index is -0.126. The van der Waals surface area contributed by atoms with E-state index in [1.54, 1.807) is 0 Å². The Morgan fingerprint density at radius 2 is 1.97 bits per heavy atom. The second-order valence-electron chi connectivity index (χ2n) is 8.75. The monoisotopic (exact) mass is 402 g/mol. The van der Waals surface area contributed by atoms with E-state index in [0.717, 1.165) is 32.5 Å². The highest BCUT2D eigenvalue weighted by Crippen LogP contribution is 2.29. The van der Waals surface area contributed by atoms with Crippen LogP contribution in [0.5, 0.6) is 0 Å². The van der Waals surface area contributed by atoms with Crippen LogP contribution in [-0.4, -0.2) is 36.4 Å². The van der Waals surface area contributed by atoms with Gasteiger partial charge in [0.15, 0.2) is 0 Å². The van der Waals surface area contributed by atoms with Gasteiger partial charge in [0.25, 0.3) is 0 Å². The fourth-order valence-electron chi connectivity index (χ4n) is 5.07. The molecule has 3 heterocycles. The molecule has 2 fully saturated rings. The number of fused-ring (bicyclic) bond motifs is 2. The summed E-state index contributed by atoms with van der Waals surface area (Å²) in [7, 11) is 0. The van der Waals surface area contributed by atoms with E-state index in [9.17, 15) is 4.79 Å². The predicted molar refractivity (Wildman–Crippen MR) is 119 cm³/mol. The van der Waals surface area contributed by atoms with Crippen molar-refractivity contribution in [1.29, 1.82) is 0 Å². The second-order valence-corrected chi connectivity index (χ2v) is 8.75. The van der Waals surface area contributed by atoms with E-state index in [1.807, 2.05) is 0 Å². The van der Waals surface area contributed by atoms with Crippen LogP contribution in [0.15, 0.2) is 54.6 Å². The summed E-state index contributed by atoms with van der Waals surface area (Å²) in [4.78, 5) is 15.5. The molecule has 0 aliphatic carbocycles. The maximum atomic E-state index is 13.2. The fourth-order valence-corrected chi connectivity index (χ4v) is 5.07.